The molecule has 0 aromatic heterocycles. The highest BCUT2D eigenvalue weighted by atomic mass is 19.2. The van der Waals surface area contributed by atoms with Crippen LogP contribution in [0.25, 0.3) is 0 Å². The van der Waals surface area contributed by atoms with Gasteiger partial charge in [0.25, 0.3) is 0 Å². The van der Waals surface area contributed by atoms with E-state index >= 15 is 0 Å². The summed E-state index contributed by atoms with van der Waals surface area (Å²) < 4.78 is 32.1. The normalized spacial score (nSPS) is 14.3. The zero-order chi connectivity index (χ0) is 17.0. The van der Waals surface area contributed by atoms with E-state index in [1.807, 2.05) is 0 Å². The Bertz CT molecular complexity index is 529. The van der Waals surface area contributed by atoms with Gasteiger partial charge in [0.1, 0.15) is 5.60 Å². The lowest BCUT2D eigenvalue weighted by Gasteiger charge is -2.29. The third-order valence-electron chi connectivity index (χ3n) is 3.09. The Morgan fingerprint density at radius 1 is 1.27 bits per heavy atom. The molecule has 0 bridgehead atoms. The van der Waals surface area contributed by atoms with E-state index in [1.54, 1.807) is 27.7 Å². The quantitative estimate of drug-likeness (QED) is 0.878. The van der Waals surface area contributed by atoms with Crippen molar-refractivity contribution in [1.29, 1.82) is 0 Å². The predicted molar refractivity (Wildman–Crippen MR) is 79.5 cm³/mol. The Kier molecular flexibility index (Phi) is 5.88. The van der Waals surface area contributed by atoms with Gasteiger partial charge in [-0.15, -0.1) is 0 Å². The van der Waals surface area contributed by atoms with Gasteiger partial charge in [0.05, 0.1) is 6.61 Å². The van der Waals surface area contributed by atoms with Crippen LogP contribution in [0.5, 0.6) is 0 Å². The minimum absolute atomic E-state index is 0.0777. The molecule has 0 radical (unpaired) electrons. The smallest absolute Gasteiger partial charge is 0.407 e. The van der Waals surface area contributed by atoms with Crippen LogP contribution in [-0.2, 0) is 11.2 Å². The summed E-state index contributed by atoms with van der Waals surface area (Å²) in [5.74, 6) is -1.86. The van der Waals surface area contributed by atoms with Crippen molar-refractivity contribution >= 4 is 6.09 Å². The van der Waals surface area contributed by atoms with Gasteiger partial charge in [-0.05, 0) is 38.8 Å². The number of aliphatic hydroxyl groups excluding tert-OH is 1. The molecule has 2 N–H and O–H groups in total. The van der Waals surface area contributed by atoms with E-state index in [2.05, 4.69) is 5.32 Å². The van der Waals surface area contributed by atoms with Gasteiger partial charge in [-0.3, -0.25) is 0 Å². The molecule has 0 saturated heterocycles. The van der Waals surface area contributed by atoms with Crippen LogP contribution >= 0.6 is 0 Å². The molecule has 1 aromatic rings. The molecule has 4 nitrogen and oxygen atoms in total. The summed E-state index contributed by atoms with van der Waals surface area (Å²) in [6.07, 6.45) is -0.532. The van der Waals surface area contributed by atoms with Crippen molar-refractivity contribution in [1.82, 2.24) is 5.32 Å². The summed E-state index contributed by atoms with van der Waals surface area (Å²) >= 11 is 0. The zero-order valence-electron chi connectivity index (χ0n) is 13.4. The molecule has 0 aliphatic rings. The number of ether oxygens (including phenoxy) is 1. The van der Waals surface area contributed by atoms with Crippen LogP contribution in [-0.4, -0.2) is 30.0 Å². The standard InChI is InChI=1S/C16H23F2NO3/c1-15(2,3)22-14(21)19-9-16(4,10-20)8-11-6-5-7-12(17)13(11)18/h5-7,20H,8-10H2,1-4H3,(H,19,21). The lowest BCUT2D eigenvalue weighted by atomic mass is 9.84. The van der Waals surface area contributed by atoms with Crippen LogP contribution in [0.3, 0.4) is 0 Å². The molecule has 22 heavy (non-hydrogen) atoms. The Morgan fingerprint density at radius 3 is 2.45 bits per heavy atom. The van der Waals surface area contributed by atoms with Crippen LogP contribution in [0, 0.1) is 17.0 Å². The van der Waals surface area contributed by atoms with Crippen molar-refractivity contribution in [2.45, 2.75) is 39.7 Å². The van der Waals surface area contributed by atoms with Gasteiger partial charge in [-0.25, -0.2) is 13.6 Å². The fraction of sp³-hybridized carbons (Fsp3) is 0.562. The van der Waals surface area contributed by atoms with Crippen molar-refractivity contribution in [3.8, 4) is 0 Å². The summed E-state index contributed by atoms with van der Waals surface area (Å²) in [6, 6.07) is 3.90. The van der Waals surface area contributed by atoms with E-state index in [9.17, 15) is 18.7 Å². The fourth-order valence-electron chi connectivity index (χ4n) is 1.92. The second-order valence-corrected chi connectivity index (χ2v) is 6.71. The molecular formula is C16H23F2NO3. The van der Waals surface area contributed by atoms with Crippen molar-refractivity contribution in [2.75, 3.05) is 13.2 Å². The van der Waals surface area contributed by atoms with E-state index in [0.29, 0.717) is 0 Å². The number of hydrogen-bond acceptors (Lipinski definition) is 3. The van der Waals surface area contributed by atoms with E-state index in [4.69, 9.17) is 4.74 Å². The molecule has 0 spiro atoms. The summed E-state index contributed by atoms with van der Waals surface area (Å²) in [4.78, 5) is 11.6. The lowest BCUT2D eigenvalue weighted by molar-refractivity contribution is 0.0478. The fourth-order valence-corrected chi connectivity index (χ4v) is 1.92. The first kappa shape index (κ1) is 18.4. The molecule has 1 amide bonds. The Balaban J connectivity index is 2.72. The third-order valence-corrected chi connectivity index (χ3v) is 3.09. The maximum Gasteiger partial charge on any atom is 0.407 e. The second kappa shape index (κ2) is 7.05. The maximum absolute atomic E-state index is 13.7. The zero-order valence-corrected chi connectivity index (χ0v) is 13.4. The second-order valence-electron chi connectivity index (χ2n) is 6.71. The number of benzene rings is 1. The van der Waals surface area contributed by atoms with Gasteiger partial charge in [0, 0.05) is 12.0 Å². The maximum atomic E-state index is 13.7. The minimum Gasteiger partial charge on any atom is -0.444 e. The first-order valence-corrected chi connectivity index (χ1v) is 7.07. The lowest BCUT2D eigenvalue weighted by Crippen LogP contribution is -2.42. The van der Waals surface area contributed by atoms with Crippen LogP contribution in [0.4, 0.5) is 13.6 Å². The Morgan fingerprint density at radius 2 is 1.91 bits per heavy atom. The van der Waals surface area contributed by atoms with E-state index in [1.165, 1.54) is 12.1 Å². The molecule has 0 saturated carbocycles. The van der Waals surface area contributed by atoms with Crippen molar-refractivity contribution < 1.29 is 23.4 Å². The van der Waals surface area contributed by atoms with Crippen molar-refractivity contribution in [3.63, 3.8) is 0 Å². The van der Waals surface area contributed by atoms with E-state index in [0.717, 1.165) is 6.07 Å². The van der Waals surface area contributed by atoms with Crippen LogP contribution in [0.2, 0.25) is 0 Å². The van der Waals surface area contributed by atoms with Crippen molar-refractivity contribution in [3.05, 3.63) is 35.4 Å². The number of rotatable bonds is 5. The number of nitrogens with one attached hydrogen (secondary N) is 1. The van der Waals surface area contributed by atoms with Gasteiger partial charge in [-0.1, -0.05) is 19.1 Å². The molecule has 1 aromatic carbocycles. The Labute approximate surface area is 129 Å². The van der Waals surface area contributed by atoms with Crippen LogP contribution in [0.15, 0.2) is 18.2 Å². The number of halogens is 2. The highest BCUT2D eigenvalue weighted by Crippen LogP contribution is 2.24. The number of aliphatic hydroxyl groups is 1. The van der Waals surface area contributed by atoms with Gasteiger partial charge >= 0.3 is 6.09 Å². The minimum atomic E-state index is -0.933. The molecule has 1 rings (SSSR count). The number of carbonyl (C=O) groups excluding carboxylic acids is 1. The average Bonchev–Trinajstić information content (AvgIpc) is 2.40. The SMILES string of the molecule is CC(CO)(CNC(=O)OC(C)(C)C)Cc1cccc(F)c1F. The summed E-state index contributed by atoms with van der Waals surface area (Å²) in [7, 11) is 0. The molecule has 1 unspecified atom stereocenters. The summed E-state index contributed by atoms with van der Waals surface area (Å²) in [5.41, 5.74) is -1.30. The number of carbonyl (C=O) groups is 1. The van der Waals surface area contributed by atoms with Gasteiger partial charge in [0.2, 0.25) is 0 Å². The molecule has 0 aliphatic heterocycles. The van der Waals surface area contributed by atoms with Crippen LogP contribution < -0.4 is 5.32 Å². The number of amides is 1. The molecular weight excluding hydrogens is 292 g/mol. The molecule has 124 valence electrons. The highest BCUT2D eigenvalue weighted by Gasteiger charge is 2.28. The molecule has 1 atom stereocenters. The first-order chi connectivity index (χ1) is 10.1. The highest BCUT2D eigenvalue weighted by molar-refractivity contribution is 5.67. The summed E-state index contributed by atoms with van der Waals surface area (Å²) in [6.45, 7) is 6.67. The van der Waals surface area contributed by atoms with Crippen LogP contribution in [0.1, 0.15) is 33.3 Å². The van der Waals surface area contributed by atoms with E-state index in [-0.39, 0.29) is 25.1 Å². The third kappa shape index (κ3) is 5.60. The molecule has 0 fully saturated rings. The molecule has 0 heterocycles. The topological polar surface area (TPSA) is 58.6 Å². The largest absolute Gasteiger partial charge is 0.444 e. The van der Waals surface area contributed by atoms with Gasteiger partial charge in [-0.2, -0.15) is 0 Å². The average molecular weight is 315 g/mol. The molecule has 0 aliphatic carbocycles. The summed E-state index contributed by atoms with van der Waals surface area (Å²) in [5, 5.41) is 12.1. The Hall–Kier alpha value is -1.69. The van der Waals surface area contributed by atoms with Gasteiger partial charge < -0.3 is 15.2 Å². The molecule has 6 heteroatoms. The number of hydrogen-bond donors (Lipinski definition) is 2. The monoisotopic (exact) mass is 315 g/mol. The number of alkyl carbamates (subject to hydrolysis) is 1. The van der Waals surface area contributed by atoms with E-state index < -0.39 is 28.7 Å². The first-order valence-electron chi connectivity index (χ1n) is 7.07. The predicted octanol–water partition coefficient (Wildman–Crippen LogP) is 3.03. The van der Waals surface area contributed by atoms with Gasteiger partial charge in [0.15, 0.2) is 11.6 Å². The van der Waals surface area contributed by atoms with Crippen molar-refractivity contribution in [2.24, 2.45) is 5.41 Å².